The second-order valence-electron chi connectivity index (χ2n) is 7.98. The summed E-state index contributed by atoms with van der Waals surface area (Å²) < 4.78 is 5.47. The molecule has 0 spiro atoms. The van der Waals surface area contributed by atoms with Crippen molar-refractivity contribution in [1.29, 1.82) is 0 Å². The van der Waals surface area contributed by atoms with E-state index < -0.39 is 0 Å². The maximum absolute atomic E-state index is 13.2. The van der Waals surface area contributed by atoms with Gasteiger partial charge in [-0.3, -0.25) is 14.6 Å². The Kier molecular flexibility index (Phi) is 6.37. The maximum Gasteiger partial charge on any atom is 0.257 e. The SMILES string of the molecule is COc1c(C)cccc1C(=O)N1CC[C@@H](c2cc(C(=O)NCCO)c3ccccc3n2)C1. The number of aliphatic hydroxyl groups excluding tert-OH is 1. The number of carbonyl (C=O) groups is 2. The monoisotopic (exact) mass is 433 g/mol. The predicted molar refractivity (Wildman–Crippen MR) is 122 cm³/mol. The zero-order chi connectivity index (χ0) is 22.7. The van der Waals surface area contributed by atoms with Crippen molar-refractivity contribution in [2.45, 2.75) is 19.3 Å². The molecule has 0 radical (unpaired) electrons. The van der Waals surface area contributed by atoms with Gasteiger partial charge in [-0.05, 0) is 37.1 Å². The molecule has 2 heterocycles. The van der Waals surface area contributed by atoms with Crippen molar-refractivity contribution in [3.63, 3.8) is 0 Å². The number of pyridine rings is 1. The molecule has 4 rings (SSSR count). The molecule has 0 bridgehead atoms. The summed E-state index contributed by atoms with van der Waals surface area (Å²) >= 11 is 0. The first-order valence-electron chi connectivity index (χ1n) is 10.7. The molecule has 2 amide bonds. The first kappa shape index (κ1) is 21.8. The number of methoxy groups -OCH3 is 1. The molecule has 32 heavy (non-hydrogen) atoms. The normalized spacial score (nSPS) is 15.7. The van der Waals surface area contributed by atoms with E-state index in [2.05, 4.69) is 5.32 Å². The zero-order valence-electron chi connectivity index (χ0n) is 18.3. The molecule has 7 heteroatoms. The summed E-state index contributed by atoms with van der Waals surface area (Å²) in [5, 5.41) is 12.6. The highest BCUT2D eigenvalue weighted by Gasteiger charge is 2.31. The number of carbonyl (C=O) groups excluding carboxylic acids is 2. The number of likely N-dealkylation sites (tertiary alicyclic amines) is 1. The number of rotatable bonds is 6. The Balaban J connectivity index is 1.62. The predicted octanol–water partition coefficient (Wildman–Crippen LogP) is 2.90. The van der Waals surface area contributed by atoms with Gasteiger partial charge in [0.1, 0.15) is 5.75 Å². The van der Waals surface area contributed by atoms with Gasteiger partial charge in [-0.25, -0.2) is 0 Å². The van der Waals surface area contributed by atoms with E-state index in [1.807, 2.05) is 54.3 Å². The van der Waals surface area contributed by atoms with Crippen molar-refractivity contribution in [2.24, 2.45) is 0 Å². The highest BCUT2D eigenvalue weighted by atomic mass is 16.5. The number of para-hydroxylation sites is 2. The molecule has 0 saturated carbocycles. The molecule has 1 saturated heterocycles. The van der Waals surface area contributed by atoms with E-state index in [4.69, 9.17) is 14.8 Å². The molecule has 1 fully saturated rings. The van der Waals surface area contributed by atoms with Gasteiger partial charge >= 0.3 is 0 Å². The molecular formula is C25H27N3O4. The Bertz CT molecular complexity index is 1160. The molecule has 0 unspecified atom stereocenters. The van der Waals surface area contributed by atoms with Crippen LogP contribution in [-0.4, -0.2) is 60.2 Å². The Labute approximate surface area is 187 Å². The van der Waals surface area contributed by atoms with E-state index in [0.29, 0.717) is 30.0 Å². The van der Waals surface area contributed by atoms with Crippen molar-refractivity contribution >= 4 is 22.7 Å². The Morgan fingerprint density at radius 2 is 2.00 bits per heavy atom. The fourth-order valence-corrected chi connectivity index (χ4v) is 4.31. The van der Waals surface area contributed by atoms with Crippen molar-refractivity contribution in [2.75, 3.05) is 33.4 Å². The summed E-state index contributed by atoms with van der Waals surface area (Å²) in [7, 11) is 1.58. The standard InChI is InChI=1S/C25H27N3O4/c1-16-6-5-8-19(23(16)32-2)25(31)28-12-10-17(15-28)22-14-20(24(30)26-11-13-29)18-7-3-4-9-21(18)27-22/h3-9,14,17,29H,10-13,15H2,1-2H3,(H,26,30)/t17-/m1/s1. The van der Waals surface area contributed by atoms with Gasteiger partial charge in [-0.1, -0.05) is 30.3 Å². The topological polar surface area (TPSA) is 91.8 Å². The molecule has 1 aliphatic heterocycles. The summed E-state index contributed by atoms with van der Waals surface area (Å²) in [4.78, 5) is 32.5. The minimum absolute atomic E-state index is 0.0313. The zero-order valence-corrected chi connectivity index (χ0v) is 18.3. The summed E-state index contributed by atoms with van der Waals surface area (Å²) in [5.41, 5.74) is 3.55. The molecular weight excluding hydrogens is 406 g/mol. The first-order chi connectivity index (χ1) is 15.5. The number of hydrogen-bond donors (Lipinski definition) is 2. The minimum atomic E-state index is -0.241. The van der Waals surface area contributed by atoms with Crippen LogP contribution in [0.5, 0.6) is 5.75 Å². The van der Waals surface area contributed by atoms with E-state index in [1.54, 1.807) is 13.2 Å². The summed E-state index contributed by atoms with van der Waals surface area (Å²) in [6.45, 7) is 3.13. The number of aromatic nitrogens is 1. The lowest BCUT2D eigenvalue weighted by atomic mass is 9.99. The summed E-state index contributed by atoms with van der Waals surface area (Å²) in [6, 6.07) is 14.9. The number of benzene rings is 2. The van der Waals surface area contributed by atoms with Gasteiger partial charge in [0.05, 0.1) is 30.4 Å². The van der Waals surface area contributed by atoms with Crippen LogP contribution in [0.15, 0.2) is 48.5 Å². The molecule has 0 aliphatic carbocycles. The fraction of sp³-hybridized carbons (Fsp3) is 0.320. The molecule has 2 N–H and O–H groups in total. The van der Waals surface area contributed by atoms with Gasteiger partial charge in [0.15, 0.2) is 0 Å². The van der Waals surface area contributed by atoms with Gasteiger partial charge in [-0.15, -0.1) is 0 Å². The fourth-order valence-electron chi connectivity index (χ4n) is 4.31. The minimum Gasteiger partial charge on any atom is -0.496 e. The van der Waals surface area contributed by atoms with Crippen LogP contribution in [0.1, 0.15) is 44.3 Å². The molecule has 7 nitrogen and oxygen atoms in total. The average Bonchev–Trinajstić information content (AvgIpc) is 3.31. The number of aryl methyl sites for hydroxylation is 1. The number of nitrogens with one attached hydrogen (secondary N) is 1. The molecule has 1 atom stereocenters. The number of hydrogen-bond acceptors (Lipinski definition) is 5. The van der Waals surface area contributed by atoms with Crippen LogP contribution in [0.2, 0.25) is 0 Å². The van der Waals surface area contributed by atoms with Crippen LogP contribution in [0.4, 0.5) is 0 Å². The third-order valence-corrected chi connectivity index (χ3v) is 5.92. The van der Waals surface area contributed by atoms with Gasteiger partial charge < -0.3 is 20.1 Å². The average molecular weight is 434 g/mol. The van der Waals surface area contributed by atoms with E-state index >= 15 is 0 Å². The van der Waals surface area contributed by atoms with Gasteiger partial charge in [0.25, 0.3) is 11.8 Å². The molecule has 166 valence electrons. The number of aliphatic hydroxyl groups is 1. The van der Waals surface area contributed by atoms with Crippen molar-refractivity contribution < 1.29 is 19.4 Å². The number of fused-ring (bicyclic) bond motifs is 1. The first-order valence-corrected chi connectivity index (χ1v) is 10.7. The molecule has 2 aromatic carbocycles. The second kappa shape index (κ2) is 9.36. The molecule has 1 aliphatic rings. The van der Waals surface area contributed by atoms with E-state index in [9.17, 15) is 9.59 Å². The smallest absolute Gasteiger partial charge is 0.257 e. The van der Waals surface area contributed by atoms with Crippen LogP contribution in [0, 0.1) is 6.92 Å². The number of nitrogens with zero attached hydrogens (tertiary/aromatic N) is 2. The Hall–Kier alpha value is -3.45. The number of amides is 2. The van der Waals surface area contributed by atoms with E-state index in [0.717, 1.165) is 28.6 Å². The largest absolute Gasteiger partial charge is 0.496 e. The third kappa shape index (κ3) is 4.16. The van der Waals surface area contributed by atoms with Crippen LogP contribution in [0.3, 0.4) is 0 Å². The summed E-state index contributed by atoms with van der Waals surface area (Å²) in [5.74, 6) is 0.334. The van der Waals surface area contributed by atoms with Crippen LogP contribution in [-0.2, 0) is 0 Å². The van der Waals surface area contributed by atoms with Gasteiger partial charge in [0.2, 0.25) is 0 Å². The van der Waals surface area contributed by atoms with Crippen molar-refractivity contribution in [3.05, 3.63) is 70.9 Å². The van der Waals surface area contributed by atoms with Crippen LogP contribution in [0.25, 0.3) is 10.9 Å². The Morgan fingerprint density at radius 3 is 2.78 bits per heavy atom. The van der Waals surface area contributed by atoms with Crippen LogP contribution < -0.4 is 10.1 Å². The molecule has 3 aromatic rings. The lowest BCUT2D eigenvalue weighted by molar-refractivity contribution is 0.0786. The number of ether oxygens (including phenoxy) is 1. The lowest BCUT2D eigenvalue weighted by Crippen LogP contribution is -2.29. The molecule has 1 aromatic heterocycles. The van der Waals surface area contributed by atoms with Gasteiger partial charge in [-0.2, -0.15) is 0 Å². The third-order valence-electron chi connectivity index (χ3n) is 5.92. The Morgan fingerprint density at radius 1 is 1.19 bits per heavy atom. The van der Waals surface area contributed by atoms with Gasteiger partial charge in [0, 0.05) is 36.6 Å². The van der Waals surface area contributed by atoms with Crippen LogP contribution >= 0.6 is 0 Å². The second-order valence-corrected chi connectivity index (χ2v) is 7.98. The quantitative estimate of drug-likeness (QED) is 0.624. The lowest BCUT2D eigenvalue weighted by Gasteiger charge is -2.19. The van der Waals surface area contributed by atoms with Crippen molar-refractivity contribution in [3.8, 4) is 5.75 Å². The highest BCUT2D eigenvalue weighted by molar-refractivity contribution is 6.06. The van der Waals surface area contributed by atoms with E-state index in [1.165, 1.54) is 0 Å². The summed E-state index contributed by atoms with van der Waals surface area (Å²) in [6.07, 6.45) is 0.767. The van der Waals surface area contributed by atoms with E-state index in [-0.39, 0.29) is 30.9 Å². The maximum atomic E-state index is 13.2. The highest BCUT2D eigenvalue weighted by Crippen LogP contribution is 2.32. The van der Waals surface area contributed by atoms with Crippen molar-refractivity contribution in [1.82, 2.24) is 15.2 Å².